The van der Waals surface area contributed by atoms with Crippen LogP contribution in [0.3, 0.4) is 0 Å². The highest BCUT2D eigenvalue weighted by Crippen LogP contribution is 2.27. The molecule has 4 aromatic rings. The fraction of sp³-hybridized carbons (Fsp3) is 0.257. The van der Waals surface area contributed by atoms with Crippen LogP contribution in [0.25, 0.3) is 0 Å². The van der Waals surface area contributed by atoms with Gasteiger partial charge in [0.05, 0.1) is 10.6 Å². The number of aryl methyl sites for hydroxylation is 1. The zero-order valence-electron chi connectivity index (χ0n) is 25.5. The van der Waals surface area contributed by atoms with Crippen molar-refractivity contribution in [3.8, 4) is 0 Å². The summed E-state index contributed by atoms with van der Waals surface area (Å²) in [6.45, 7) is 5.11. The first-order chi connectivity index (χ1) is 21.5. The smallest absolute Gasteiger partial charge is 0.264 e. The summed E-state index contributed by atoms with van der Waals surface area (Å²) in [5.41, 5.74) is 2.57. The number of carbonyl (C=O) groups is 2. The normalized spacial score (nSPS) is 12.6. The number of rotatable bonds is 13. The van der Waals surface area contributed by atoms with Gasteiger partial charge in [0.25, 0.3) is 10.0 Å². The van der Waals surface area contributed by atoms with Gasteiger partial charge in [0, 0.05) is 29.1 Å². The van der Waals surface area contributed by atoms with Gasteiger partial charge >= 0.3 is 0 Å². The van der Waals surface area contributed by atoms with Crippen LogP contribution in [-0.2, 0) is 32.6 Å². The minimum Gasteiger partial charge on any atom is -0.352 e. The van der Waals surface area contributed by atoms with Crippen molar-refractivity contribution in [1.82, 2.24) is 10.2 Å². The third-order valence-electron chi connectivity index (χ3n) is 7.53. The van der Waals surface area contributed by atoms with E-state index in [9.17, 15) is 18.0 Å². The third kappa shape index (κ3) is 8.87. The molecule has 2 unspecified atom stereocenters. The van der Waals surface area contributed by atoms with E-state index in [4.69, 9.17) is 23.2 Å². The van der Waals surface area contributed by atoms with E-state index in [1.807, 2.05) is 57.2 Å². The topological polar surface area (TPSA) is 86.8 Å². The number of hydrogen-bond donors (Lipinski definition) is 1. The van der Waals surface area contributed by atoms with Crippen LogP contribution in [0.5, 0.6) is 0 Å². The number of sulfonamides is 1. The third-order valence-corrected chi connectivity index (χ3v) is 9.90. The molecule has 0 radical (unpaired) electrons. The quantitative estimate of drug-likeness (QED) is 0.166. The molecule has 7 nitrogen and oxygen atoms in total. The Balaban J connectivity index is 1.82. The summed E-state index contributed by atoms with van der Waals surface area (Å²) in [6.07, 6.45) is 0.896. The molecule has 0 aliphatic rings. The van der Waals surface area contributed by atoms with Crippen LogP contribution < -0.4 is 9.62 Å². The molecule has 0 bridgehead atoms. The van der Waals surface area contributed by atoms with Gasteiger partial charge in [-0.2, -0.15) is 0 Å². The molecule has 0 saturated carbocycles. The fourth-order valence-electron chi connectivity index (χ4n) is 4.86. The summed E-state index contributed by atoms with van der Waals surface area (Å²) in [5.74, 6) is -0.915. The molecule has 0 aromatic heterocycles. The van der Waals surface area contributed by atoms with Gasteiger partial charge in [0.1, 0.15) is 12.6 Å². The minimum absolute atomic E-state index is 0.0435. The monoisotopic (exact) mass is 665 g/mol. The van der Waals surface area contributed by atoms with Gasteiger partial charge in [-0.15, -0.1) is 0 Å². The van der Waals surface area contributed by atoms with E-state index >= 15 is 0 Å². The predicted octanol–water partition coefficient (Wildman–Crippen LogP) is 7.05. The molecular formula is C35H37Cl2N3O4S. The number of amides is 2. The molecule has 4 aromatic carbocycles. The van der Waals surface area contributed by atoms with E-state index in [-0.39, 0.29) is 29.8 Å². The van der Waals surface area contributed by atoms with E-state index < -0.39 is 28.5 Å². The fourth-order valence-corrected chi connectivity index (χ4v) is 6.76. The number of anilines is 1. The van der Waals surface area contributed by atoms with E-state index in [0.29, 0.717) is 27.7 Å². The molecule has 0 saturated heterocycles. The first-order valence-electron chi connectivity index (χ1n) is 14.7. The van der Waals surface area contributed by atoms with E-state index in [1.165, 1.54) is 17.0 Å². The van der Waals surface area contributed by atoms with Gasteiger partial charge in [0.15, 0.2) is 0 Å². The number of nitrogens with zero attached hydrogens (tertiary/aromatic N) is 2. The summed E-state index contributed by atoms with van der Waals surface area (Å²) in [5, 5.41) is 3.78. The Bertz CT molecular complexity index is 1720. The number of hydrogen-bond acceptors (Lipinski definition) is 4. The van der Waals surface area contributed by atoms with Gasteiger partial charge in [0.2, 0.25) is 11.8 Å². The standard InChI is InChI=1S/C35H37Cl2N3O4S/c1-4-26(3)38-35(42)33(21-27-13-7-5-8-14-27)39(23-28-18-19-29(36)22-32(28)37)34(41)24-40(30-15-11-12-25(2)20-30)45(43,44)31-16-9-6-10-17-31/h5-20,22,26,33H,4,21,23-24H2,1-3H3,(H,38,42). The van der Waals surface area contributed by atoms with Crippen molar-refractivity contribution in [1.29, 1.82) is 0 Å². The van der Waals surface area contributed by atoms with Gasteiger partial charge in [-0.1, -0.05) is 96.9 Å². The van der Waals surface area contributed by atoms with Crippen LogP contribution in [0.4, 0.5) is 5.69 Å². The van der Waals surface area contributed by atoms with E-state index in [0.717, 1.165) is 15.4 Å². The average molecular weight is 667 g/mol. The lowest BCUT2D eigenvalue weighted by atomic mass is 10.0. The molecule has 0 aliphatic carbocycles. The molecule has 10 heteroatoms. The summed E-state index contributed by atoms with van der Waals surface area (Å²) in [7, 11) is -4.17. The van der Waals surface area contributed by atoms with Gasteiger partial charge in [-0.25, -0.2) is 8.42 Å². The lowest BCUT2D eigenvalue weighted by Crippen LogP contribution is -2.54. The maximum Gasteiger partial charge on any atom is 0.264 e. The predicted molar refractivity (Wildman–Crippen MR) is 181 cm³/mol. The number of nitrogens with one attached hydrogen (secondary N) is 1. The first-order valence-corrected chi connectivity index (χ1v) is 16.9. The highest BCUT2D eigenvalue weighted by molar-refractivity contribution is 7.92. The van der Waals surface area contributed by atoms with Gasteiger partial charge in [-0.3, -0.25) is 13.9 Å². The Morgan fingerprint density at radius 3 is 2.16 bits per heavy atom. The Morgan fingerprint density at radius 1 is 0.867 bits per heavy atom. The maximum atomic E-state index is 14.5. The van der Waals surface area contributed by atoms with E-state index in [1.54, 1.807) is 54.6 Å². The molecule has 2 atom stereocenters. The largest absolute Gasteiger partial charge is 0.352 e. The van der Waals surface area contributed by atoms with E-state index in [2.05, 4.69) is 5.32 Å². The molecule has 0 heterocycles. The van der Waals surface area contributed by atoms with Crippen LogP contribution >= 0.6 is 23.2 Å². The number of halogens is 2. The number of benzene rings is 4. The highest BCUT2D eigenvalue weighted by atomic mass is 35.5. The molecule has 0 spiro atoms. The second-order valence-corrected chi connectivity index (χ2v) is 13.7. The Labute approximate surface area is 275 Å². The Kier molecular flexibility index (Phi) is 11.7. The highest BCUT2D eigenvalue weighted by Gasteiger charge is 2.35. The van der Waals surface area contributed by atoms with Gasteiger partial charge < -0.3 is 10.2 Å². The van der Waals surface area contributed by atoms with Crippen molar-refractivity contribution in [2.75, 3.05) is 10.8 Å². The van der Waals surface area contributed by atoms with Crippen molar-refractivity contribution in [2.24, 2.45) is 0 Å². The zero-order chi connectivity index (χ0) is 32.6. The molecular weight excluding hydrogens is 629 g/mol. The minimum atomic E-state index is -4.17. The van der Waals surface area contributed by atoms with Crippen molar-refractivity contribution < 1.29 is 18.0 Å². The molecule has 45 heavy (non-hydrogen) atoms. The van der Waals surface area contributed by atoms with Crippen LogP contribution in [0.2, 0.25) is 10.0 Å². The molecule has 2 amide bonds. The van der Waals surface area contributed by atoms with Crippen molar-refractivity contribution >= 4 is 50.7 Å². The zero-order valence-corrected chi connectivity index (χ0v) is 27.8. The van der Waals surface area contributed by atoms with Crippen molar-refractivity contribution in [3.05, 3.63) is 130 Å². The molecule has 0 fully saturated rings. The molecule has 1 N–H and O–H groups in total. The Morgan fingerprint density at radius 2 is 1.53 bits per heavy atom. The van der Waals surface area contributed by atoms with Crippen molar-refractivity contribution in [2.45, 2.75) is 57.1 Å². The van der Waals surface area contributed by atoms with Gasteiger partial charge in [-0.05, 0) is 73.4 Å². The van der Waals surface area contributed by atoms with Crippen LogP contribution in [0, 0.1) is 6.92 Å². The van der Waals surface area contributed by atoms with Crippen LogP contribution in [-0.4, -0.2) is 43.8 Å². The lowest BCUT2D eigenvalue weighted by Gasteiger charge is -2.34. The molecule has 236 valence electrons. The second kappa shape index (κ2) is 15.4. The summed E-state index contributed by atoms with van der Waals surface area (Å²) in [6, 6.07) is 28.1. The molecule has 0 aliphatic heterocycles. The van der Waals surface area contributed by atoms with Crippen LogP contribution in [0.15, 0.2) is 108 Å². The first kappa shape index (κ1) is 34.0. The Hall–Kier alpha value is -3.85. The lowest BCUT2D eigenvalue weighted by molar-refractivity contribution is -0.140. The maximum absolute atomic E-state index is 14.5. The van der Waals surface area contributed by atoms with Crippen molar-refractivity contribution in [3.63, 3.8) is 0 Å². The second-order valence-electron chi connectivity index (χ2n) is 10.9. The average Bonchev–Trinajstić information content (AvgIpc) is 3.03. The SMILES string of the molecule is CCC(C)NC(=O)C(Cc1ccccc1)N(Cc1ccc(Cl)cc1Cl)C(=O)CN(c1cccc(C)c1)S(=O)(=O)c1ccccc1. The van der Waals surface area contributed by atoms with Crippen LogP contribution in [0.1, 0.15) is 37.0 Å². The number of carbonyl (C=O) groups excluding carboxylic acids is 2. The summed E-state index contributed by atoms with van der Waals surface area (Å²) in [4.78, 5) is 29.9. The summed E-state index contributed by atoms with van der Waals surface area (Å²) < 4.78 is 29.2. The summed E-state index contributed by atoms with van der Waals surface area (Å²) >= 11 is 12.7. The molecule has 4 rings (SSSR count).